The molecule has 0 aromatic carbocycles. The van der Waals surface area contributed by atoms with Crippen LogP contribution in [0.1, 0.15) is 31.5 Å². The van der Waals surface area contributed by atoms with E-state index < -0.39 is 0 Å². The van der Waals surface area contributed by atoms with Crippen LogP contribution in [0.4, 0.5) is 5.82 Å². The highest BCUT2D eigenvalue weighted by molar-refractivity contribution is 5.38. The lowest BCUT2D eigenvalue weighted by Gasteiger charge is -2.34. The van der Waals surface area contributed by atoms with Gasteiger partial charge in [0, 0.05) is 50.0 Å². The fourth-order valence-electron chi connectivity index (χ4n) is 2.79. The first-order valence-corrected chi connectivity index (χ1v) is 7.51. The number of pyridine rings is 1. The van der Waals surface area contributed by atoms with E-state index in [1.54, 1.807) is 12.4 Å². The van der Waals surface area contributed by atoms with Gasteiger partial charge in [0.2, 0.25) is 0 Å². The maximum atomic E-state index is 4.42. The van der Waals surface area contributed by atoms with E-state index in [-0.39, 0.29) is 6.04 Å². The summed E-state index contributed by atoms with van der Waals surface area (Å²) in [6, 6.07) is 6.85. The van der Waals surface area contributed by atoms with Crippen LogP contribution in [0.3, 0.4) is 0 Å². The Morgan fingerprint density at radius 2 is 2.00 bits per heavy atom. The molecule has 1 fully saturated rings. The fourth-order valence-corrected chi connectivity index (χ4v) is 2.79. The Morgan fingerprint density at radius 3 is 2.67 bits per heavy atom. The highest BCUT2D eigenvalue weighted by atomic mass is 15.2. The van der Waals surface area contributed by atoms with Crippen LogP contribution in [0.25, 0.3) is 0 Å². The number of aromatic nitrogens is 3. The van der Waals surface area contributed by atoms with Gasteiger partial charge in [-0.05, 0) is 31.9 Å². The van der Waals surface area contributed by atoms with Crippen LogP contribution in [0.2, 0.25) is 0 Å². The molecule has 0 spiro atoms. The van der Waals surface area contributed by atoms with Crippen LogP contribution < -0.4 is 10.2 Å². The summed E-state index contributed by atoms with van der Waals surface area (Å²) in [6.45, 7) is 4.23. The lowest BCUT2D eigenvalue weighted by Crippen LogP contribution is -2.43. The molecule has 2 aromatic rings. The first-order valence-electron chi connectivity index (χ1n) is 7.51. The minimum Gasteiger partial charge on any atom is -0.357 e. The first-order chi connectivity index (χ1) is 10.3. The van der Waals surface area contributed by atoms with Crippen LogP contribution in [0.5, 0.6) is 0 Å². The van der Waals surface area contributed by atoms with E-state index in [2.05, 4.69) is 38.2 Å². The highest BCUT2D eigenvalue weighted by Crippen LogP contribution is 2.19. The number of anilines is 1. The van der Waals surface area contributed by atoms with Crippen LogP contribution in [0, 0.1) is 0 Å². The van der Waals surface area contributed by atoms with Crippen molar-refractivity contribution in [2.75, 3.05) is 18.0 Å². The second-order valence-electron chi connectivity index (χ2n) is 5.47. The molecule has 2 aromatic heterocycles. The smallest absolute Gasteiger partial charge is 0.128 e. The van der Waals surface area contributed by atoms with Crippen molar-refractivity contribution in [1.82, 2.24) is 20.3 Å². The normalized spacial score (nSPS) is 17.7. The van der Waals surface area contributed by atoms with E-state index in [0.29, 0.717) is 6.04 Å². The zero-order valence-electron chi connectivity index (χ0n) is 12.3. The number of piperidine rings is 1. The van der Waals surface area contributed by atoms with Crippen LogP contribution in [0.15, 0.2) is 43.0 Å². The van der Waals surface area contributed by atoms with Gasteiger partial charge in [0.15, 0.2) is 0 Å². The van der Waals surface area contributed by atoms with E-state index >= 15 is 0 Å². The number of rotatable bonds is 4. The average molecular weight is 283 g/mol. The average Bonchev–Trinajstić information content (AvgIpc) is 2.57. The standard InChI is InChI=1S/C16H21N5/c1-13(15-12-17-8-9-18-15)20-14-5-10-21(11-6-14)16-4-2-3-7-19-16/h2-4,7-9,12-14,20H,5-6,10-11H2,1H3. The van der Waals surface area contributed by atoms with Gasteiger partial charge < -0.3 is 10.2 Å². The zero-order valence-corrected chi connectivity index (χ0v) is 12.3. The quantitative estimate of drug-likeness (QED) is 0.932. The van der Waals surface area contributed by atoms with Crippen molar-refractivity contribution >= 4 is 5.82 Å². The Kier molecular flexibility index (Phi) is 4.40. The number of hydrogen-bond acceptors (Lipinski definition) is 5. The maximum absolute atomic E-state index is 4.42. The molecule has 3 rings (SSSR count). The number of hydrogen-bond donors (Lipinski definition) is 1. The third-order valence-corrected chi connectivity index (χ3v) is 3.98. The van der Waals surface area contributed by atoms with E-state index in [1.807, 2.05) is 24.5 Å². The minimum atomic E-state index is 0.241. The highest BCUT2D eigenvalue weighted by Gasteiger charge is 2.21. The predicted molar refractivity (Wildman–Crippen MR) is 83.1 cm³/mol. The van der Waals surface area contributed by atoms with Crippen molar-refractivity contribution in [3.05, 3.63) is 48.7 Å². The lowest BCUT2D eigenvalue weighted by atomic mass is 10.0. The topological polar surface area (TPSA) is 53.9 Å². The summed E-state index contributed by atoms with van der Waals surface area (Å²) in [5, 5.41) is 3.66. The van der Waals surface area contributed by atoms with Crippen molar-refractivity contribution in [3.8, 4) is 0 Å². The second kappa shape index (κ2) is 6.63. The van der Waals surface area contributed by atoms with Gasteiger partial charge in [-0.15, -0.1) is 0 Å². The van der Waals surface area contributed by atoms with E-state index in [9.17, 15) is 0 Å². The van der Waals surface area contributed by atoms with E-state index in [1.165, 1.54) is 0 Å². The second-order valence-corrected chi connectivity index (χ2v) is 5.47. The molecule has 1 N–H and O–H groups in total. The Labute approximate surface area is 125 Å². The molecule has 5 nitrogen and oxygen atoms in total. The fraction of sp³-hybridized carbons (Fsp3) is 0.438. The minimum absolute atomic E-state index is 0.241. The molecular weight excluding hydrogens is 262 g/mol. The molecular formula is C16H21N5. The van der Waals surface area contributed by atoms with Gasteiger partial charge in [0.1, 0.15) is 5.82 Å². The zero-order chi connectivity index (χ0) is 14.5. The molecule has 1 unspecified atom stereocenters. The first kappa shape index (κ1) is 13.9. The molecule has 0 amide bonds. The van der Waals surface area contributed by atoms with E-state index in [4.69, 9.17) is 0 Å². The summed E-state index contributed by atoms with van der Waals surface area (Å²) < 4.78 is 0. The molecule has 5 heteroatoms. The lowest BCUT2D eigenvalue weighted by molar-refractivity contribution is 0.376. The summed E-state index contributed by atoms with van der Waals surface area (Å²) in [6.07, 6.45) is 9.40. The molecule has 1 aliphatic heterocycles. The number of nitrogens with one attached hydrogen (secondary N) is 1. The van der Waals surface area contributed by atoms with Crippen molar-refractivity contribution in [3.63, 3.8) is 0 Å². The third kappa shape index (κ3) is 3.55. The van der Waals surface area contributed by atoms with Crippen molar-refractivity contribution in [2.24, 2.45) is 0 Å². The van der Waals surface area contributed by atoms with Gasteiger partial charge in [-0.25, -0.2) is 4.98 Å². The number of nitrogens with zero attached hydrogens (tertiary/aromatic N) is 4. The van der Waals surface area contributed by atoms with Gasteiger partial charge >= 0.3 is 0 Å². The molecule has 0 saturated carbocycles. The summed E-state index contributed by atoms with van der Waals surface area (Å²) in [7, 11) is 0. The molecule has 3 heterocycles. The van der Waals surface area contributed by atoms with Crippen molar-refractivity contribution in [2.45, 2.75) is 31.8 Å². The molecule has 1 aliphatic rings. The molecule has 110 valence electrons. The Bertz CT molecular complexity index is 537. The van der Waals surface area contributed by atoms with Crippen LogP contribution in [-0.4, -0.2) is 34.1 Å². The van der Waals surface area contributed by atoms with Gasteiger partial charge in [0.05, 0.1) is 5.69 Å². The van der Waals surface area contributed by atoms with Gasteiger partial charge in [0.25, 0.3) is 0 Å². The van der Waals surface area contributed by atoms with Gasteiger partial charge in [-0.1, -0.05) is 6.07 Å². The van der Waals surface area contributed by atoms with Gasteiger partial charge in [-0.2, -0.15) is 0 Å². The van der Waals surface area contributed by atoms with E-state index in [0.717, 1.165) is 37.4 Å². The Hall–Kier alpha value is -2.01. The Morgan fingerprint density at radius 1 is 1.14 bits per heavy atom. The molecule has 0 aliphatic carbocycles. The van der Waals surface area contributed by atoms with Crippen molar-refractivity contribution in [1.29, 1.82) is 0 Å². The summed E-state index contributed by atoms with van der Waals surface area (Å²) in [4.78, 5) is 15.3. The molecule has 0 bridgehead atoms. The summed E-state index contributed by atoms with van der Waals surface area (Å²) >= 11 is 0. The van der Waals surface area contributed by atoms with Crippen molar-refractivity contribution < 1.29 is 0 Å². The molecule has 1 saturated heterocycles. The third-order valence-electron chi connectivity index (χ3n) is 3.98. The SMILES string of the molecule is CC(NC1CCN(c2ccccn2)CC1)c1cnccn1. The Balaban J connectivity index is 1.52. The predicted octanol–water partition coefficient (Wildman–Crippen LogP) is 2.19. The van der Waals surface area contributed by atoms with Crippen LogP contribution in [-0.2, 0) is 0 Å². The largest absolute Gasteiger partial charge is 0.357 e. The monoisotopic (exact) mass is 283 g/mol. The maximum Gasteiger partial charge on any atom is 0.128 e. The van der Waals surface area contributed by atoms with Gasteiger partial charge in [-0.3, -0.25) is 9.97 Å². The molecule has 1 atom stereocenters. The molecule has 0 radical (unpaired) electrons. The summed E-state index contributed by atoms with van der Waals surface area (Å²) in [5.74, 6) is 1.08. The molecule has 21 heavy (non-hydrogen) atoms. The summed E-state index contributed by atoms with van der Waals surface area (Å²) in [5.41, 5.74) is 1.00. The van der Waals surface area contributed by atoms with Crippen LogP contribution >= 0.6 is 0 Å².